The monoisotopic (exact) mass is 270 g/mol. The molecule has 0 aliphatic heterocycles. The first-order valence-corrected chi connectivity index (χ1v) is 6.56. The lowest BCUT2D eigenvalue weighted by atomic mass is 10.4. The van der Waals surface area contributed by atoms with E-state index < -0.39 is 0 Å². The van der Waals surface area contributed by atoms with Crippen molar-refractivity contribution in [1.82, 2.24) is 15.0 Å². The largest absolute Gasteiger partial charge is 0.464 e. The van der Waals surface area contributed by atoms with E-state index >= 15 is 0 Å². The Morgan fingerprint density at radius 1 is 1.05 bits per heavy atom. The van der Waals surface area contributed by atoms with Gasteiger partial charge >= 0.3 is 12.0 Å². The van der Waals surface area contributed by atoms with Gasteiger partial charge in [0.15, 0.2) is 0 Å². The highest BCUT2D eigenvalue weighted by Crippen LogP contribution is 2.14. The standard InChI is InChI=1S/C12H22N4O3/c1-5-13-10-14-11(18-7-3)16-12(15-10)19-9(4)8-17-6-2/h9H,5-8H2,1-4H3,(H,13,14,15,16). The van der Waals surface area contributed by atoms with Crippen molar-refractivity contribution in [2.45, 2.75) is 33.8 Å². The van der Waals surface area contributed by atoms with Gasteiger partial charge in [-0.05, 0) is 27.7 Å². The smallest absolute Gasteiger partial charge is 0.324 e. The molecular weight excluding hydrogens is 248 g/mol. The molecule has 0 bridgehead atoms. The number of hydrogen-bond donors (Lipinski definition) is 1. The number of rotatable bonds is 9. The van der Waals surface area contributed by atoms with E-state index in [0.717, 1.165) is 0 Å². The maximum absolute atomic E-state index is 5.58. The predicted molar refractivity (Wildman–Crippen MR) is 71.7 cm³/mol. The molecule has 0 aliphatic carbocycles. The van der Waals surface area contributed by atoms with Crippen molar-refractivity contribution in [2.24, 2.45) is 0 Å². The van der Waals surface area contributed by atoms with Gasteiger partial charge in [-0.1, -0.05) is 0 Å². The van der Waals surface area contributed by atoms with Crippen LogP contribution >= 0.6 is 0 Å². The summed E-state index contributed by atoms with van der Waals surface area (Å²) in [5.41, 5.74) is 0. The summed E-state index contributed by atoms with van der Waals surface area (Å²) in [6.07, 6.45) is -0.133. The van der Waals surface area contributed by atoms with E-state index in [4.69, 9.17) is 14.2 Å². The quantitative estimate of drug-likeness (QED) is 0.728. The fourth-order valence-electron chi connectivity index (χ4n) is 1.32. The molecule has 7 heteroatoms. The van der Waals surface area contributed by atoms with Gasteiger partial charge in [-0.3, -0.25) is 0 Å². The van der Waals surface area contributed by atoms with Crippen LogP contribution in [0.2, 0.25) is 0 Å². The average molecular weight is 270 g/mol. The van der Waals surface area contributed by atoms with Gasteiger partial charge in [0, 0.05) is 13.2 Å². The summed E-state index contributed by atoms with van der Waals surface area (Å²) >= 11 is 0. The van der Waals surface area contributed by atoms with E-state index in [0.29, 0.717) is 32.3 Å². The van der Waals surface area contributed by atoms with Crippen molar-refractivity contribution < 1.29 is 14.2 Å². The summed E-state index contributed by atoms with van der Waals surface area (Å²) in [5, 5.41) is 3.01. The molecule has 1 aromatic heterocycles. The van der Waals surface area contributed by atoms with E-state index in [1.165, 1.54) is 0 Å². The lowest BCUT2D eigenvalue weighted by molar-refractivity contribution is 0.0601. The molecule has 0 aliphatic rings. The minimum Gasteiger partial charge on any atom is -0.464 e. The third kappa shape index (κ3) is 5.69. The van der Waals surface area contributed by atoms with Crippen LogP contribution in [0.1, 0.15) is 27.7 Å². The van der Waals surface area contributed by atoms with E-state index in [1.807, 2.05) is 27.7 Å². The van der Waals surface area contributed by atoms with Crippen LogP contribution in [-0.2, 0) is 4.74 Å². The lowest BCUT2D eigenvalue weighted by Gasteiger charge is -2.14. The van der Waals surface area contributed by atoms with Crippen molar-refractivity contribution in [3.05, 3.63) is 0 Å². The van der Waals surface area contributed by atoms with Crippen molar-refractivity contribution in [2.75, 3.05) is 31.7 Å². The van der Waals surface area contributed by atoms with Gasteiger partial charge in [0.05, 0.1) is 13.2 Å². The first-order chi connectivity index (χ1) is 9.19. The Hall–Kier alpha value is -1.63. The Morgan fingerprint density at radius 2 is 1.79 bits per heavy atom. The van der Waals surface area contributed by atoms with Gasteiger partial charge in [0.25, 0.3) is 0 Å². The Balaban J connectivity index is 2.74. The Labute approximate surface area is 113 Å². The summed E-state index contributed by atoms with van der Waals surface area (Å²) in [7, 11) is 0. The second kappa shape index (κ2) is 8.47. The second-order valence-electron chi connectivity index (χ2n) is 3.78. The molecule has 1 heterocycles. The molecule has 108 valence electrons. The summed E-state index contributed by atoms with van der Waals surface area (Å²) < 4.78 is 16.1. The molecule has 1 unspecified atom stereocenters. The molecule has 19 heavy (non-hydrogen) atoms. The number of anilines is 1. The summed E-state index contributed by atoms with van der Waals surface area (Å²) in [6, 6.07) is 0.494. The Morgan fingerprint density at radius 3 is 2.42 bits per heavy atom. The molecule has 0 fully saturated rings. The van der Waals surface area contributed by atoms with Crippen LogP contribution in [0.5, 0.6) is 12.0 Å². The van der Waals surface area contributed by atoms with Gasteiger partial charge < -0.3 is 19.5 Å². The molecule has 0 spiro atoms. The zero-order chi connectivity index (χ0) is 14.1. The van der Waals surface area contributed by atoms with Gasteiger partial charge in [0.2, 0.25) is 5.95 Å². The van der Waals surface area contributed by atoms with E-state index in [9.17, 15) is 0 Å². The molecular formula is C12H22N4O3. The zero-order valence-electron chi connectivity index (χ0n) is 12.0. The molecule has 0 saturated carbocycles. The number of ether oxygens (including phenoxy) is 3. The van der Waals surface area contributed by atoms with Gasteiger partial charge in [-0.15, -0.1) is 4.98 Å². The van der Waals surface area contributed by atoms with Crippen LogP contribution in [-0.4, -0.2) is 47.4 Å². The van der Waals surface area contributed by atoms with Gasteiger partial charge in [-0.2, -0.15) is 9.97 Å². The van der Waals surface area contributed by atoms with Crippen LogP contribution in [0.3, 0.4) is 0 Å². The first kappa shape index (κ1) is 15.4. The Bertz CT molecular complexity index is 352. The van der Waals surface area contributed by atoms with E-state index in [1.54, 1.807) is 0 Å². The number of nitrogens with zero attached hydrogens (tertiary/aromatic N) is 3. The predicted octanol–water partition coefficient (Wildman–Crippen LogP) is 1.51. The van der Waals surface area contributed by atoms with Crippen LogP contribution in [0.4, 0.5) is 5.95 Å². The normalized spacial score (nSPS) is 12.0. The zero-order valence-corrected chi connectivity index (χ0v) is 12.0. The van der Waals surface area contributed by atoms with Crippen LogP contribution in [0.25, 0.3) is 0 Å². The third-order valence-electron chi connectivity index (χ3n) is 2.07. The van der Waals surface area contributed by atoms with Gasteiger partial charge in [0.1, 0.15) is 6.10 Å². The van der Waals surface area contributed by atoms with Crippen LogP contribution in [0.15, 0.2) is 0 Å². The summed E-state index contributed by atoms with van der Waals surface area (Å²) in [6.45, 7) is 10.0. The molecule has 0 radical (unpaired) electrons. The van der Waals surface area contributed by atoms with E-state index in [-0.39, 0.29) is 18.1 Å². The second-order valence-corrected chi connectivity index (χ2v) is 3.78. The van der Waals surface area contributed by atoms with Crippen LogP contribution < -0.4 is 14.8 Å². The molecule has 1 atom stereocenters. The minimum absolute atomic E-state index is 0.133. The topological polar surface area (TPSA) is 78.4 Å². The highest BCUT2D eigenvalue weighted by Gasteiger charge is 2.11. The highest BCUT2D eigenvalue weighted by atomic mass is 16.5. The molecule has 0 amide bonds. The van der Waals surface area contributed by atoms with Crippen molar-refractivity contribution in [3.63, 3.8) is 0 Å². The van der Waals surface area contributed by atoms with Crippen molar-refractivity contribution in [3.8, 4) is 12.0 Å². The SMILES string of the molecule is CCNc1nc(OCC)nc(OC(C)COCC)n1. The number of aromatic nitrogens is 3. The lowest BCUT2D eigenvalue weighted by Crippen LogP contribution is -2.21. The minimum atomic E-state index is -0.133. The third-order valence-corrected chi connectivity index (χ3v) is 2.07. The molecule has 1 N–H and O–H groups in total. The number of nitrogens with one attached hydrogen (secondary N) is 1. The fourth-order valence-corrected chi connectivity index (χ4v) is 1.32. The van der Waals surface area contributed by atoms with E-state index in [2.05, 4.69) is 20.3 Å². The molecule has 0 saturated heterocycles. The summed E-state index contributed by atoms with van der Waals surface area (Å²) in [5.74, 6) is 0.444. The molecule has 7 nitrogen and oxygen atoms in total. The van der Waals surface area contributed by atoms with Gasteiger partial charge in [-0.25, -0.2) is 0 Å². The number of hydrogen-bond acceptors (Lipinski definition) is 7. The maximum Gasteiger partial charge on any atom is 0.324 e. The summed E-state index contributed by atoms with van der Waals surface area (Å²) in [4.78, 5) is 12.4. The molecule has 0 aromatic carbocycles. The molecule has 1 rings (SSSR count). The maximum atomic E-state index is 5.58. The van der Waals surface area contributed by atoms with Crippen molar-refractivity contribution >= 4 is 5.95 Å². The van der Waals surface area contributed by atoms with Crippen LogP contribution in [0, 0.1) is 0 Å². The fraction of sp³-hybridized carbons (Fsp3) is 0.750. The first-order valence-electron chi connectivity index (χ1n) is 6.56. The van der Waals surface area contributed by atoms with Crippen molar-refractivity contribution in [1.29, 1.82) is 0 Å². The molecule has 1 aromatic rings. The highest BCUT2D eigenvalue weighted by molar-refractivity contribution is 5.27. The average Bonchev–Trinajstić information content (AvgIpc) is 2.37. The Kier molecular flexibility index (Phi) is 6.88.